The molecule has 0 atom stereocenters. The van der Waals surface area contributed by atoms with Gasteiger partial charge in [-0.1, -0.05) is 36.4 Å². The second kappa shape index (κ2) is 9.05. The number of rotatable bonds is 6. The van der Waals surface area contributed by atoms with Gasteiger partial charge >= 0.3 is 5.97 Å². The minimum absolute atomic E-state index is 0.150. The predicted octanol–water partition coefficient (Wildman–Crippen LogP) is 5.39. The van der Waals surface area contributed by atoms with Crippen molar-refractivity contribution in [2.75, 3.05) is 0 Å². The molecule has 0 unspecified atom stereocenters. The number of benzene rings is 1. The number of pyridine rings is 2. The summed E-state index contributed by atoms with van der Waals surface area (Å²) in [6.07, 6.45) is 5.08. The first-order chi connectivity index (χ1) is 17.7. The summed E-state index contributed by atoms with van der Waals surface area (Å²) in [5.74, 6) is -1.12. The lowest BCUT2D eigenvalue weighted by Gasteiger charge is -2.19. The molecular weight excluding hydrogens is 466 g/mol. The van der Waals surface area contributed by atoms with Crippen LogP contribution in [0.5, 0.6) is 0 Å². The summed E-state index contributed by atoms with van der Waals surface area (Å²) >= 11 is 0. The van der Waals surface area contributed by atoms with Crippen LogP contribution in [0.2, 0.25) is 0 Å². The van der Waals surface area contributed by atoms with Crippen molar-refractivity contribution >= 4 is 17.4 Å². The zero-order valence-corrected chi connectivity index (χ0v) is 20.9. The molecule has 4 aromatic heterocycles. The van der Waals surface area contributed by atoms with E-state index in [-0.39, 0.29) is 5.78 Å². The van der Waals surface area contributed by atoms with Crippen LogP contribution in [0.1, 0.15) is 42.5 Å². The number of hydrogen-bond donors (Lipinski definition) is 1. The highest BCUT2D eigenvalue weighted by molar-refractivity contribution is 6.01. The molecule has 4 heterocycles. The van der Waals surface area contributed by atoms with Gasteiger partial charge in [0.2, 0.25) is 0 Å². The number of carboxylic acids is 1. The fourth-order valence-corrected chi connectivity index (χ4v) is 4.31. The van der Waals surface area contributed by atoms with E-state index in [4.69, 9.17) is 4.98 Å². The van der Waals surface area contributed by atoms with E-state index in [0.29, 0.717) is 33.9 Å². The van der Waals surface area contributed by atoms with Crippen LogP contribution < -0.4 is 0 Å². The molecule has 37 heavy (non-hydrogen) atoms. The predicted molar refractivity (Wildman–Crippen MR) is 140 cm³/mol. The Morgan fingerprint density at radius 1 is 0.865 bits per heavy atom. The summed E-state index contributed by atoms with van der Waals surface area (Å²) in [7, 11) is 0. The maximum atomic E-state index is 12.7. The molecule has 5 aromatic rings. The molecule has 1 aromatic carbocycles. The van der Waals surface area contributed by atoms with Crippen molar-refractivity contribution in [1.82, 2.24) is 24.6 Å². The number of fused-ring (bicyclic) bond motifs is 1. The third-order valence-corrected chi connectivity index (χ3v) is 6.59. The summed E-state index contributed by atoms with van der Waals surface area (Å²) in [4.78, 5) is 38.2. The maximum absolute atomic E-state index is 12.7. The van der Waals surface area contributed by atoms with E-state index < -0.39 is 11.4 Å². The van der Waals surface area contributed by atoms with Gasteiger partial charge in [-0.25, -0.2) is 9.50 Å². The zero-order valence-electron chi connectivity index (χ0n) is 20.9. The first-order valence-corrected chi connectivity index (χ1v) is 11.8. The number of carbonyl (C=O) groups excluding carboxylic acids is 1. The van der Waals surface area contributed by atoms with Gasteiger partial charge in [0.05, 0.1) is 34.5 Å². The Morgan fingerprint density at radius 2 is 1.57 bits per heavy atom. The molecule has 0 aliphatic rings. The second-order valence-electron chi connectivity index (χ2n) is 9.43. The van der Waals surface area contributed by atoms with E-state index >= 15 is 0 Å². The minimum atomic E-state index is -1.15. The van der Waals surface area contributed by atoms with Crippen molar-refractivity contribution in [3.05, 3.63) is 90.1 Å². The maximum Gasteiger partial charge on any atom is 0.315 e. The van der Waals surface area contributed by atoms with E-state index in [1.807, 2.05) is 49.4 Å². The summed E-state index contributed by atoms with van der Waals surface area (Å²) in [5.41, 5.74) is 5.55. The van der Waals surface area contributed by atoms with E-state index in [1.54, 1.807) is 49.1 Å². The van der Waals surface area contributed by atoms with Crippen LogP contribution in [0, 0.1) is 6.92 Å². The van der Waals surface area contributed by atoms with Gasteiger partial charge in [-0.3, -0.25) is 19.6 Å². The second-order valence-corrected chi connectivity index (χ2v) is 9.43. The Kier molecular flexibility index (Phi) is 5.87. The number of nitrogens with zero attached hydrogens (tertiary/aromatic N) is 5. The SMILES string of the molecule is CC(=O)c1c(-c2ccc(C(C)(C)C(=O)O)nc2)nc2c(-c3ccc(-c4ccccc4)nc3)cnn2c1C. The molecule has 0 bridgehead atoms. The van der Waals surface area contributed by atoms with E-state index in [1.165, 1.54) is 6.92 Å². The Bertz CT molecular complexity index is 1640. The topological polar surface area (TPSA) is 110 Å². The average molecular weight is 492 g/mol. The molecule has 0 spiro atoms. The van der Waals surface area contributed by atoms with Crippen LogP contribution in [0.4, 0.5) is 0 Å². The van der Waals surface area contributed by atoms with Gasteiger partial charge in [-0.2, -0.15) is 5.10 Å². The van der Waals surface area contributed by atoms with Crippen LogP contribution >= 0.6 is 0 Å². The van der Waals surface area contributed by atoms with Crippen LogP contribution in [-0.2, 0) is 10.2 Å². The monoisotopic (exact) mass is 491 g/mol. The number of hydrogen-bond acceptors (Lipinski definition) is 6. The smallest absolute Gasteiger partial charge is 0.315 e. The molecule has 1 N–H and O–H groups in total. The summed E-state index contributed by atoms with van der Waals surface area (Å²) in [6.45, 7) is 6.52. The van der Waals surface area contributed by atoms with E-state index in [0.717, 1.165) is 22.4 Å². The van der Waals surface area contributed by atoms with Crippen molar-refractivity contribution in [3.8, 4) is 33.6 Å². The normalized spacial score (nSPS) is 11.6. The standard InChI is InChI=1S/C29H25N5O3/c1-17-25(18(2)35)26(21-11-13-24(31-15-21)29(3,4)28(36)37)33-27-22(16-32-34(17)27)20-10-12-23(30-14-20)19-8-6-5-7-9-19/h5-16H,1-4H3,(H,36,37). The first kappa shape index (κ1) is 24.0. The molecule has 0 aliphatic heterocycles. The van der Waals surface area contributed by atoms with Gasteiger partial charge < -0.3 is 5.11 Å². The van der Waals surface area contributed by atoms with Crippen molar-refractivity contribution in [1.29, 1.82) is 0 Å². The highest BCUT2D eigenvalue weighted by atomic mass is 16.4. The molecular formula is C29H25N5O3. The summed E-state index contributed by atoms with van der Waals surface area (Å²) in [6, 6.07) is 17.3. The number of ketones is 1. The fraction of sp³-hybridized carbons (Fsp3) is 0.172. The Balaban J connectivity index is 1.63. The summed E-state index contributed by atoms with van der Waals surface area (Å²) in [5, 5.41) is 14.0. The molecule has 184 valence electrons. The Labute approximate surface area is 213 Å². The van der Waals surface area contributed by atoms with Crippen molar-refractivity contribution in [2.45, 2.75) is 33.1 Å². The molecule has 0 aliphatic carbocycles. The van der Waals surface area contributed by atoms with Crippen LogP contribution in [0.3, 0.4) is 0 Å². The number of carbonyl (C=O) groups is 2. The Hall–Kier alpha value is -4.72. The minimum Gasteiger partial charge on any atom is -0.481 e. The lowest BCUT2D eigenvalue weighted by molar-refractivity contribution is -0.142. The molecule has 0 amide bonds. The zero-order chi connectivity index (χ0) is 26.3. The molecule has 5 rings (SSSR count). The number of Topliss-reactive ketones (excluding diaryl/α,β-unsaturated/α-hetero) is 1. The van der Waals surface area contributed by atoms with Gasteiger partial charge in [-0.05, 0) is 45.9 Å². The van der Waals surface area contributed by atoms with Gasteiger partial charge in [-0.15, -0.1) is 0 Å². The lowest BCUT2D eigenvalue weighted by atomic mass is 9.88. The molecule has 0 saturated heterocycles. The average Bonchev–Trinajstić information content (AvgIpc) is 3.33. The van der Waals surface area contributed by atoms with Crippen molar-refractivity contribution in [2.24, 2.45) is 0 Å². The molecule has 0 fully saturated rings. The highest BCUT2D eigenvalue weighted by Crippen LogP contribution is 2.32. The van der Waals surface area contributed by atoms with Crippen molar-refractivity contribution < 1.29 is 14.7 Å². The number of aliphatic carboxylic acids is 1. The van der Waals surface area contributed by atoms with Gasteiger partial charge in [0.1, 0.15) is 5.41 Å². The highest BCUT2D eigenvalue weighted by Gasteiger charge is 2.31. The van der Waals surface area contributed by atoms with Gasteiger partial charge in [0.15, 0.2) is 11.4 Å². The van der Waals surface area contributed by atoms with Crippen molar-refractivity contribution in [3.63, 3.8) is 0 Å². The van der Waals surface area contributed by atoms with Crippen LogP contribution in [-0.4, -0.2) is 41.4 Å². The first-order valence-electron chi connectivity index (χ1n) is 11.8. The van der Waals surface area contributed by atoms with Crippen LogP contribution in [0.15, 0.2) is 73.2 Å². The van der Waals surface area contributed by atoms with Crippen LogP contribution in [0.25, 0.3) is 39.3 Å². The number of carboxylic acid groups (broad SMARTS) is 1. The molecule has 0 radical (unpaired) electrons. The summed E-state index contributed by atoms with van der Waals surface area (Å²) < 4.78 is 1.66. The third-order valence-electron chi connectivity index (χ3n) is 6.59. The third kappa shape index (κ3) is 4.16. The molecule has 8 heteroatoms. The quantitative estimate of drug-likeness (QED) is 0.317. The van der Waals surface area contributed by atoms with E-state index in [2.05, 4.69) is 15.1 Å². The Morgan fingerprint density at radius 3 is 2.16 bits per heavy atom. The number of aromatic nitrogens is 5. The molecule has 8 nitrogen and oxygen atoms in total. The van der Waals surface area contributed by atoms with Gasteiger partial charge in [0.25, 0.3) is 0 Å². The largest absolute Gasteiger partial charge is 0.481 e. The van der Waals surface area contributed by atoms with Gasteiger partial charge in [0, 0.05) is 34.6 Å². The fourth-order valence-electron chi connectivity index (χ4n) is 4.31. The number of aryl methyl sites for hydroxylation is 1. The van der Waals surface area contributed by atoms with E-state index in [9.17, 15) is 14.7 Å². The lowest BCUT2D eigenvalue weighted by Crippen LogP contribution is -2.29. The molecule has 0 saturated carbocycles.